The Kier molecular flexibility index (Phi) is 4.15. The predicted octanol–water partition coefficient (Wildman–Crippen LogP) is 7.09. The van der Waals surface area contributed by atoms with Gasteiger partial charge in [0.05, 0.1) is 0 Å². The molecule has 5 rings (SSSR count). The van der Waals surface area contributed by atoms with Crippen LogP contribution in [0.5, 0.6) is 0 Å². The maximum atomic E-state index is 6.13. The lowest BCUT2D eigenvalue weighted by molar-refractivity contribution is 0.667. The molecule has 0 amide bonds. The molecule has 1 N–H and O–H groups in total. The summed E-state index contributed by atoms with van der Waals surface area (Å²) in [4.78, 5) is 9.49. The first kappa shape index (κ1) is 17.0. The zero-order valence-corrected chi connectivity index (χ0v) is 16.0. The van der Waals surface area contributed by atoms with Gasteiger partial charge in [-0.25, -0.2) is 9.97 Å². The molecule has 0 bridgehead atoms. The molecular formula is C22H13Cl2N3O. The third-order valence-corrected chi connectivity index (χ3v) is 4.90. The van der Waals surface area contributed by atoms with E-state index < -0.39 is 0 Å². The third-order valence-electron chi connectivity index (χ3n) is 4.41. The molecule has 3 aromatic carbocycles. The van der Waals surface area contributed by atoms with Gasteiger partial charge in [-0.1, -0.05) is 41.4 Å². The van der Waals surface area contributed by atoms with Crippen molar-refractivity contribution in [3.8, 4) is 11.4 Å². The number of furan rings is 1. The fourth-order valence-electron chi connectivity index (χ4n) is 3.11. The first-order valence-electron chi connectivity index (χ1n) is 8.65. The largest absolute Gasteiger partial charge is 0.450 e. The van der Waals surface area contributed by atoms with Gasteiger partial charge in [0.1, 0.15) is 11.1 Å². The van der Waals surface area contributed by atoms with Crippen molar-refractivity contribution in [1.82, 2.24) is 9.97 Å². The molecule has 5 aromatic rings. The van der Waals surface area contributed by atoms with Crippen LogP contribution in [-0.4, -0.2) is 9.97 Å². The summed E-state index contributed by atoms with van der Waals surface area (Å²) in [6, 6.07) is 22.7. The Bertz CT molecular complexity index is 1310. The van der Waals surface area contributed by atoms with E-state index in [0.29, 0.717) is 27.3 Å². The number of aromatic nitrogens is 2. The van der Waals surface area contributed by atoms with Crippen molar-refractivity contribution in [3.05, 3.63) is 82.8 Å². The van der Waals surface area contributed by atoms with Gasteiger partial charge in [0.2, 0.25) is 0 Å². The summed E-state index contributed by atoms with van der Waals surface area (Å²) in [6.07, 6.45) is 0. The van der Waals surface area contributed by atoms with Crippen molar-refractivity contribution in [1.29, 1.82) is 0 Å². The molecule has 2 heterocycles. The van der Waals surface area contributed by atoms with Crippen LogP contribution in [0, 0.1) is 0 Å². The maximum Gasteiger partial charge on any atom is 0.196 e. The first-order chi connectivity index (χ1) is 13.7. The van der Waals surface area contributed by atoms with E-state index in [4.69, 9.17) is 37.6 Å². The lowest BCUT2D eigenvalue weighted by Gasteiger charge is -2.09. The zero-order chi connectivity index (χ0) is 19.1. The number of hydrogen-bond acceptors (Lipinski definition) is 4. The highest BCUT2D eigenvalue weighted by atomic mass is 35.5. The number of rotatable bonds is 3. The summed E-state index contributed by atoms with van der Waals surface area (Å²) in [5, 5.41) is 5.55. The van der Waals surface area contributed by atoms with Gasteiger partial charge in [-0.3, -0.25) is 0 Å². The van der Waals surface area contributed by atoms with Crippen molar-refractivity contribution < 1.29 is 4.42 Å². The van der Waals surface area contributed by atoms with Crippen molar-refractivity contribution >= 4 is 56.8 Å². The molecule has 28 heavy (non-hydrogen) atoms. The predicted molar refractivity (Wildman–Crippen MR) is 114 cm³/mol. The summed E-state index contributed by atoms with van der Waals surface area (Å²) in [6.45, 7) is 0. The van der Waals surface area contributed by atoms with E-state index in [2.05, 4.69) is 5.32 Å². The van der Waals surface area contributed by atoms with Crippen LogP contribution in [0.1, 0.15) is 0 Å². The zero-order valence-electron chi connectivity index (χ0n) is 14.5. The second-order valence-electron chi connectivity index (χ2n) is 6.31. The minimum absolute atomic E-state index is 0.577. The number of halogens is 2. The molecule has 0 aliphatic carbocycles. The lowest BCUT2D eigenvalue weighted by Crippen LogP contribution is -1.98. The van der Waals surface area contributed by atoms with E-state index in [1.165, 1.54) is 0 Å². The Labute approximate surface area is 170 Å². The van der Waals surface area contributed by atoms with Gasteiger partial charge in [0.15, 0.2) is 17.2 Å². The first-order valence-corrected chi connectivity index (χ1v) is 9.41. The molecule has 2 aromatic heterocycles. The van der Waals surface area contributed by atoms with Gasteiger partial charge >= 0.3 is 0 Å². The highest BCUT2D eigenvalue weighted by Crippen LogP contribution is 2.34. The number of benzene rings is 3. The molecule has 0 atom stereocenters. The van der Waals surface area contributed by atoms with E-state index in [1.54, 1.807) is 0 Å². The van der Waals surface area contributed by atoms with Gasteiger partial charge < -0.3 is 9.73 Å². The summed E-state index contributed by atoms with van der Waals surface area (Å²) in [5.74, 6) is 1.16. The van der Waals surface area contributed by atoms with E-state index >= 15 is 0 Å². The molecule has 0 spiro atoms. The number of nitrogens with one attached hydrogen (secondary N) is 1. The summed E-state index contributed by atoms with van der Waals surface area (Å²) < 4.78 is 6.05. The van der Waals surface area contributed by atoms with Crippen LogP contribution >= 0.6 is 23.2 Å². The highest BCUT2D eigenvalue weighted by Gasteiger charge is 2.17. The molecule has 0 radical (unpaired) electrons. The van der Waals surface area contributed by atoms with E-state index in [-0.39, 0.29) is 0 Å². The van der Waals surface area contributed by atoms with Crippen LogP contribution in [0.25, 0.3) is 33.5 Å². The van der Waals surface area contributed by atoms with Gasteiger partial charge in [-0.15, -0.1) is 0 Å². The van der Waals surface area contributed by atoms with E-state index in [9.17, 15) is 0 Å². The second-order valence-corrected chi connectivity index (χ2v) is 7.19. The van der Waals surface area contributed by atoms with E-state index in [1.807, 2.05) is 72.8 Å². The Balaban J connectivity index is 1.75. The molecule has 0 unspecified atom stereocenters. The van der Waals surface area contributed by atoms with Gasteiger partial charge in [0, 0.05) is 26.7 Å². The number of anilines is 2. The maximum absolute atomic E-state index is 6.13. The number of fused-ring (bicyclic) bond motifs is 3. The Morgan fingerprint density at radius 3 is 2.43 bits per heavy atom. The normalized spacial score (nSPS) is 11.2. The van der Waals surface area contributed by atoms with Crippen LogP contribution in [0.4, 0.5) is 11.5 Å². The topological polar surface area (TPSA) is 51.0 Å². The van der Waals surface area contributed by atoms with Crippen LogP contribution in [0.2, 0.25) is 10.0 Å². The van der Waals surface area contributed by atoms with Gasteiger partial charge in [-0.2, -0.15) is 0 Å². The molecule has 0 aliphatic heterocycles. The number of para-hydroxylation sites is 1. The fourth-order valence-corrected chi connectivity index (χ4v) is 3.42. The lowest BCUT2D eigenvalue weighted by atomic mass is 10.2. The highest BCUT2D eigenvalue weighted by molar-refractivity contribution is 6.31. The molecular weight excluding hydrogens is 393 g/mol. The summed E-state index contributed by atoms with van der Waals surface area (Å²) in [5.41, 5.74) is 3.79. The molecule has 0 saturated heterocycles. The summed E-state index contributed by atoms with van der Waals surface area (Å²) >= 11 is 12.2. The average Bonchev–Trinajstić information content (AvgIpc) is 3.08. The SMILES string of the molecule is Clc1ccc(-c2nc(Nc3cccc(Cl)c3)c3oc4ccccc4c3n2)cc1. The van der Waals surface area contributed by atoms with E-state index in [0.717, 1.165) is 27.7 Å². The van der Waals surface area contributed by atoms with Gasteiger partial charge in [-0.05, 0) is 54.6 Å². The van der Waals surface area contributed by atoms with Crippen molar-refractivity contribution in [2.45, 2.75) is 0 Å². The molecule has 0 aliphatic rings. The van der Waals surface area contributed by atoms with Crippen molar-refractivity contribution in [2.75, 3.05) is 5.32 Å². The van der Waals surface area contributed by atoms with Crippen molar-refractivity contribution in [3.63, 3.8) is 0 Å². The Morgan fingerprint density at radius 2 is 1.61 bits per heavy atom. The molecule has 136 valence electrons. The van der Waals surface area contributed by atoms with Crippen LogP contribution in [0.15, 0.2) is 77.2 Å². The summed E-state index contributed by atoms with van der Waals surface area (Å²) in [7, 11) is 0. The minimum Gasteiger partial charge on any atom is -0.450 e. The molecule has 4 nitrogen and oxygen atoms in total. The fraction of sp³-hybridized carbons (Fsp3) is 0. The minimum atomic E-state index is 0.577. The molecule has 6 heteroatoms. The Hall–Kier alpha value is -3.08. The van der Waals surface area contributed by atoms with Crippen LogP contribution < -0.4 is 5.32 Å². The monoisotopic (exact) mass is 405 g/mol. The second kappa shape index (κ2) is 6.82. The van der Waals surface area contributed by atoms with Crippen LogP contribution in [0.3, 0.4) is 0 Å². The standard InChI is InChI=1S/C22H13Cl2N3O/c23-14-10-8-13(9-11-14)21-26-19-17-6-1-2-7-18(17)28-20(19)22(27-21)25-16-5-3-4-15(24)12-16/h1-12H,(H,25,26,27). The number of hydrogen-bond donors (Lipinski definition) is 1. The van der Waals surface area contributed by atoms with Crippen molar-refractivity contribution in [2.24, 2.45) is 0 Å². The molecule has 0 fully saturated rings. The smallest absolute Gasteiger partial charge is 0.196 e. The third kappa shape index (κ3) is 3.07. The average molecular weight is 406 g/mol. The Morgan fingerprint density at radius 1 is 0.786 bits per heavy atom. The van der Waals surface area contributed by atoms with Gasteiger partial charge in [0.25, 0.3) is 0 Å². The van der Waals surface area contributed by atoms with Crippen LogP contribution in [-0.2, 0) is 0 Å². The molecule has 0 saturated carbocycles. The quantitative estimate of drug-likeness (QED) is 0.347. The number of nitrogens with zero attached hydrogens (tertiary/aromatic N) is 2.